The molecule has 0 saturated heterocycles. The molecule has 2 aromatic rings. The van der Waals surface area contributed by atoms with Crippen molar-refractivity contribution in [3.8, 4) is 5.75 Å². The number of carboxylic acids is 1. The largest absolute Gasteiger partial charge is 0.497 e. The molecule has 1 atom stereocenters. The molecule has 0 aliphatic rings. The number of amides is 1. The number of rotatable bonds is 11. The van der Waals surface area contributed by atoms with Crippen molar-refractivity contribution in [2.75, 3.05) is 13.7 Å². The summed E-state index contributed by atoms with van der Waals surface area (Å²) in [6, 6.07) is 16.6. The van der Waals surface area contributed by atoms with E-state index >= 15 is 0 Å². The third-order valence-corrected chi connectivity index (χ3v) is 4.45. The molecule has 0 heterocycles. The number of ether oxygens (including phenoxy) is 2. The monoisotopic (exact) mass is 401 g/mol. The number of carbonyl (C=O) groups excluding carboxylic acids is 1. The summed E-state index contributed by atoms with van der Waals surface area (Å²) >= 11 is 0. The maximum Gasteiger partial charge on any atom is 0.434 e. The summed E-state index contributed by atoms with van der Waals surface area (Å²) < 4.78 is 10.5. The Morgan fingerprint density at radius 2 is 1.72 bits per heavy atom. The molecule has 7 heteroatoms. The van der Waals surface area contributed by atoms with Crippen LogP contribution in [0.25, 0.3) is 0 Å². The molecular weight excluding hydrogens is 374 g/mol. The number of nitrogens with zero attached hydrogens (tertiary/aromatic N) is 1. The zero-order valence-electron chi connectivity index (χ0n) is 16.7. The Morgan fingerprint density at radius 1 is 1.03 bits per heavy atom. The number of methoxy groups -OCH3 is 1. The molecule has 1 amide bonds. The minimum absolute atomic E-state index is 0.0986. The van der Waals surface area contributed by atoms with Crippen molar-refractivity contribution in [2.45, 2.75) is 32.9 Å². The van der Waals surface area contributed by atoms with E-state index in [1.54, 1.807) is 19.2 Å². The van der Waals surface area contributed by atoms with E-state index in [9.17, 15) is 9.59 Å². The Hall–Kier alpha value is -3.06. The molecule has 2 rings (SSSR count). The van der Waals surface area contributed by atoms with E-state index in [0.29, 0.717) is 18.6 Å². The van der Waals surface area contributed by atoms with Crippen LogP contribution in [0.4, 0.5) is 4.79 Å². The number of hydrogen-bond acceptors (Lipinski definition) is 5. The first-order valence-electron chi connectivity index (χ1n) is 9.50. The smallest absolute Gasteiger partial charge is 0.434 e. The molecule has 1 unspecified atom stereocenters. The number of carbonyl (C=O) groups is 2. The molecule has 7 nitrogen and oxygen atoms in total. The molecule has 0 saturated carbocycles. The number of carboxylic acid groups (broad SMARTS) is 1. The summed E-state index contributed by atoms with van der Waals surface area (Å²) in [5.74, 6) is -0.678. The molecule has 0 radical (unpaired) electrons. The highest BCUT2D eigenvalue weighted by Gasteiger charge is 2.20. The maximum atomic E-state index is 12.6. The van der Waals surface area contributed by atoms with Crippen molar-refractivity contribution in [1.29, 1.82) is 0 Å². The van der Waals surface area contributed by atoms with Gasteiger partial charge < -0.3 is 14.6 Å². The molecule has 0 aromatic heterocycles. The van der Waals surface area contributed by atoms with Gasteiger partial charge in [-0.2, -0.15) is 5.06 Å². The average molecular weight is 401 g/mol. The first kappa shape index (κ1) is 22.2. The Balaban J connectivity index is 2.00. The quantitative estimate of drug-likeness (QED) is 0.566. The molecule has 2 aromatic carbocycles. The fourth-order valence-corrected chi connectivity index (χ4v) is 2.66. The molecule has 29 heavy (non-hydrogen) atoms. The summed E-state index contributed by atoms with van der Waals surface area (Å²) in [5, 5.41) is 10.3. The Morgan fingerprint density at radius 3 is 2.31 bits per heavy atom. The van der Waals surface area contributed by atoms with Gasteiger partial charge in [0.25, 0.3) is 0 Å². The lowest BCUT2D eigenvalue weighted by molar-refractivity contribution is -0.154. The van der Waals surface area contributed by atoms with Gasteiger partial charge in [0, 0.05) is 0 Å². The first-order chi connectivity index (χ1) is 14.0. The van der Waals surface area contributed by atoms with Crippen LogP contribution < -0.4 is 4.74 Å². The topological polar surface area (TPSA) is 85.3 Å². The Bertz CT molecular complexity index is 763. The van der Waals surface area contributed by atoms with Gasteiger partial charge in [0.05, 0.1) is 26.2 Å². The highest BCUT2D eigenvalue weighted by atomic mass is 16.7. The number of aliphatic carboxylic acids is 1. The van der Waals surface area contributed by atoms with Crippen LogP contribution in [-0.4, -0.2) is 35.9 Å². The predicted molar refractivity (Wildman–Crippen MR) is 107 cm³/mol. The normalized spacial score (nSPS) is 11.5. The molecule has 0 aliphatic heterocycles. The lowest BCUT2D eigenvalue weighted by atomic mass is 10.0. The van der Waals surface area contributed by atoms with E-state index < -0.39 is 18.0 Å². The fourth-order valence-electron chi connectivity index (χ4n) is 2.66. The van der Waals surface area contributed by atoms with Gasteiger partial charge >= 0.3 is 12.1 Å². The summed E-state index contributed by atoms with van der Waals surface area (Å²) in [6.45, 7) is 2.19. The number of hydroxylamine groups is 2. The van der Waals surface area contributed by atoms with E-state index in [1.807, 2.05) is 49.4 Å². The van der Waals surface area contributed by atoms with Crippen LogP contribution in [0.1, 0.15) is 30.9 Å². The minimum atomic E-state index is -0.871. The van der Waals surface area contributed by atoms with E-state index in [4.69, 9.17) is 19.4 Å². The average Bonchev–Trinajstić information content (AvgIpc) is 2.75. The zero-order valence-corrected chi connectivity index (χ0v) is 16.7. The van der Waals surface area contributed by atoms with Gasteiger partial charge in [-0.05, 0) is 36.1 Å². The van der Waals surface area contributed by atoms with Gasteiger partial charge in [-0.15, -0.1) is 0 Å². The van der Waals surface area contributed by atoms with Gasteiger partial charge in [-0.25, -0.2) is 4.79 Å². The van der Waals surface area contributed by atoms with Gasteiger partial charge in [-0.3, -0.25) is 9.63 Å². The van der Waals surface area contributed by atoms with Crippen molar-refractivity contribution in [3.63, 3.8) is 0 Å². The van der Waals surface area contributed by atoms with Crippen molar-refractivity contribution in [3.05, 3.63) is 65.7 Å². The number of hydrogen-bond donors (Lipinski definition) is 1. The van der Waals surface area contributed by atoms with Crippen LogP contribution in [0.2, 0.25) is 0 Å². The molecular formula is C22H27NO6. The molecule has 0 spiro atoms. The summed E-state index contributed by atoms with van der Waals surface area (Å²) in [6.07, 6.45) is 0.167. The number of benzene rings is 2. The summed E-state index contributed by atoms with van der Waals surface area (Å²) in [5.41, 5.74) is 1.69. The highest BCUT2D eigenvalue weighted by molar-refractivity contribution is 5.69. The lowest BCUT2D eigenvalue weighted by Gasteiger charge is -2.22. The third-order valence-electron chi connectivity index (χ3n) is 4.45. The second kappa shape index (κ2) is 11.7. The first-order valence-corrected chi connectivity index (χ1v) is 9.50. The van der Waals surface area contributed by atoms with E-state index in [0.717, 1.165) is 16.2 Å². The zero-order chi connectivity index (χ0) is 21.1. The van der Waals surface area contributed by atoms with Crippen LogP contribution in [0.15, 0.2) is 54.6 Å². The molecule has 0 bridgehead atoms. The third kappa shape index (κ3) is 7.46. The maximum absolute atomic E-state index is 12.6. The van der Waals surface area contributed by atoms with Crippen molar-refractivity contribution >= 4 is 12.1 Å². The second-order valence-electron chi connectivity index (χ2n) is 6.49. The molecule has 156 valence electrons. The molecule has 0 fully saturated rings. The Labute approximate surface area is 170 Å². The SMILES string of the molecule is CCC(CCON(Cc1ccc(OC)cc1)C(=O)OCc1ccccc1)C(=O)O. The summed E-state index contributed by atoms with van der Waals surface area (Å²) in [7, 11) is 1.58. The molecule has 1 N–H and O–H groups in total. The van der Waals surface area contributed by atoms with Gasteiger partial charge in [0.15, 0.2) is 0 Å². The van der Waals surface area contributed by atoms with Gasteiger partial charge in [-0.1, -0.05) is 49.4 Å². The van der Waals surface area contributed by atoms with Crippen LogP contribution >= 0.6 is 0 Å². The van der Waals surface area contributed by atoms with Crippen molar-refractivity contribution in [2.24, 2.45) is 5.92 Å². The van der Waals surface area contributed by atoms with Gasteiger partial charge in [0.2, 0.25) is 0 Å². The van der Waals surface area contributed by atoms with Crippen LogP contribution in [0.3, 0.4) is 0 Å². The van der Waals surface area contributed by atoms with Crippen LogP contribution in [0, 0.1) is 5.92 Å². The highest BCUT2D eigenvalue weighted by Crippen LogP contribution is 2.16. The van der Waals surface area contributed by atoms with E-state index in [2.05, 4.69) is 0 Å². The van der Waals surface area contributed by atoms with Crippen LogP contribution in [-0.2, 0) is 27.5 Å². The Kier molecular flexibility index (Phi) is 8.98. The van der Waals surface area contributed by atoms with Crippen molar-refractivity contribution in [1.82, 2.24) is 5.06 Å². The van der Waals surface area contributed by atoms with E-state index in [-0.39, 0.29) is 19.8 Å². The van der Waals surface area contributed by atoms with Gasteiger partial charge in [0.1, 0.15) is 12.4 Å². The lowest BCUT2D eigenvalue weighted by Crippen LogP contribution is -2.32. The summed E-state index contributed by atoms with van der Waals surface area (Å²) in [4.78, 5) is 29.3. The standard InChI is InChI=1S/C22H27NO6/c1-3-19(21(24)25)13-14-29-23(15-17-9-11-20(27-2)12-10-17)22(26)28-16-18-7-5-4-6-8-18/h4-12,19H,3,13-16H2,1-2H3,(H,24,25). The van der Waals surface area contributed by atoms with Crippen LogP contribution in [0.5, 0.6) is 5.75 Å². The molecule has 0 aliphatic carbocycles. The fraction of sp³-hybridized carbons (Fsp3) is 0.364. The second-order valence-corrected chi connectivity index (χ2v) is 6.49. The van der Waals surface area contributed by atoms with Crippen molar-refractivity contribution < 1.29 is 29.0 Å². The predicted octanol–water partition coefficient (Wildman–Crippen LogP) is 4.27. The minimum Gasteiger partial charge on any atom is -0.497 e. The van der Waals surface area contributed by atoms with E-state index in [1.165, 1.54) is 0 Å².